The van der Waals surface area contributed by atoms with Gasteiger partial charge in [-0.05, 0) is 49.7 Å². The molecule has 0 saturated carbocycles. The van der Waals surface area contributed by atoms with Gasteiger partial charge in [-0.1, -0.05) is 31.9 Å². The van der Waals surface area contributed by atoms with Gasteiger partial charge >= 0.3 is 0 Å². The van der Waals surface area contributed by atoms with Gasteiger partial charge in [-0.2, -0.15) is 0 Å². The molecule has 3 heteroatoms. The molecule has 0 aliphatic rings. The summed E-state index contributed by atoms with van der Waals surface area (Å²) < 4.78 is 6.12. The van der Waals surface area contributed by atoms with Crippen molar-refractivity contribution in [1.82, 2.24) is 0 Å². The zero-order valence-electron chi connectivity index (χ0n) is 12.3. The minimum absolute atomic E-state index is 0.404. The molecule has 0 aromatic heterocycles. The fourth-order valence-corrected chi connectivity index (χ4v) is 3.99. The summed E-state index contributed by atoms with van der Waals surface area (Å²) in [5, 5.41) is 9.74. The molecule has 0 amide bonds. The zero-order valence-corrected chi connectivity index (χ0v) is 13.3. The summed E-state index contributed by atoms with van der Waals surface area (Å²) in [5.41, 5.74) is 3.03. The monoisotopic (exact) mass is 266 g/mol. The fourth-order valence-electron chi connectivity index (χ4n) is 2.08. The quantitative estimate of drug-likeness (QED) is 0.766. The summed E-state index contributed by atoms with van der Waals surface area (Å²) in [6.45, 7) is 11.3. The SMILES string of the molecule is CCCC[Si](C)(C)OCc1cc(C)c(O)c(C)c1. The van der Waals surface area contributed by atoms with Crippen LogP contribution in [0.3, 0.4) is 0 Å². The molecule has 102 valence electrons. The van der Waals surface area contributed by atoms with Crippen molar-refractivity contribution in [2.24, 2.45) is 0 Å². The molecule has 18 heavy (non-hydrogen) atoms. The van der Waals surface area contributed by atoms with E-state index in [2.05, 4.69) is 20.0 Å². The summed E-state index contributed by atoms with van der Waals surface area (Å²) in [6.07, 6.45) is 2.49. The molecular formula is C15H26O2Si. The number of hydrogen-bond acceptors (Lipinski definition) is 2. The fraction of sp³-hybridized carbons (Fsp3) is 0.600. The topological polar surface area (TPSA) is 29.5 Å². The van der Waals surface area contributed by atoms with Crippen LogP contribution in [0, 0.1) is 13.8 Å². The Morgan fingerprint density at radius 2 is 1.72 bits per heavy atom. The minimum Gasteiger partial charge on any atom is -0.507 e. The van der Waals surface area contributed by atoms with Gasteiger partial charge in [0.1, 0.15) is 5.75 Å². The average molecular weight is 266 g/mol. The Balaban J connectivity index is 2.63. The van der Waals surface area contributed by atoms with E-state index in [1.54, 1.807) is 0 Å². The molecule has 0 aliphatic heterocycles. The lowest BCUT2D eigenvalue weighted by Gasteiger charge is -2.23. The third-order valence-electron chi connectivity index (χ3n) is 3.31. The van der Waals surface area contributed by atoms with Gasteiger partial charge in [0.25, 0.3) is 0 Å². The van der Waals surface area contributed by atoms with Crippen LogP contribution in [0.25, 0.3) is 0 Å². The predicted octanol–water partition coefficient (Wildman–Crippen LogP) is 4.53. The Morgan fingerprint density at radius 1 is 1.17 bits per heavy atom. The van der Waals surface area contributed by atoms with E-state index in [9.17, 15) is 5.11 Å². The Hall–Kier alpha value is -0.803. The van der Waals surface area contributed by atoms with Crippen molar-refractivity contribution in [2.45, 2.75) is 59.4 Å². The van der Waals surface area contributed by atoms with Crippen LogP contribution in [0.15, 0.2) is 12.1 Å². The molecular weight excluding hydrogens is 240 g/mol. The molecule has 2 nitrogen and oxygen atoms in total. The largest absolute Gasteiger partial charge is 0.507 e. The van der Waals surface area contributed by atoms with Gasteiger partial charge in [0.15, 0.2) is 8.32 Å². The lowest BCUT2D eigenvalue weighted by Crippen LogP contribution is -2.29. The van der Waals surface area contributed by atoms with Gasteiger partial charge in [-0.3, -0.25) is 0 Å². The first kappa shape index (κ1) is 15.3. The lowest BCUT2D eigenvalue weighted by molar-refractivity contribution is 0.293. The molecule has 0 saturated heterocycles. The van der Waals surface area contributed by atoms with Gasteiger partial charge in [-0.25, -0.2) is 0 Å². The summed E-state index contributed by atoms with van der Waals surface area (Å²) >= 11 is 0. The van der Waals surface area contributed by atoms with E-state index in [-0.39, 0.29) is 0 Å². The molecule has 0 radical (unpaired) electrons. The van der Waals surface area contributed by atoms with Crippen molar-refractivity contribution < 1.29 is 9.53 Å². The van der Waals surface area contributed by atoms with E-state index in [4.69, 9.17) is 4.43 Å². The first-order chi connectivity index (χ1) is 8.35. The number of phenols is 1. The molecule has 0 atom stereocenters. The van der Waals surface area contributed by atoms with E-state index < -0.39 is 8.32 Å². The smallest absolute Gasteiger partial charge is 0.187 e. The van der Waals surface area contributed by atoms with Gasteiger partial charge in [0.2, 0.25) is 0 Å². The maximum absolute atomic E-state index is 9.74. The van der Waals surface area contributed by atoms with Gasteiger partial charge in [0, 0.05) is 0 Å². The van der Waals surface area contributed by atoms with Crippen LogP contribution in [-0.2, 0) is 11.0 Å². The van der Waals surface area contributed by atoms with Gasteiger partial charge < -0.3 is 9.53 Å². The second-order valence-electron chi connectivity index (χ2n) is 5.73. The second-order valence-corrected chi connectivity index (χ2v) is 10.0. The Labute approximate surface area is 112 Å². The molecule has 1 aromatic carbocycles. The summed E-state index contributed by atoms with van der Waals surface area (Å²) in [7, 11) is -1.52. The highest BCUT2D eigenvalue weighted by Gasteiger charge is 2.21. The van der Waals surface area contributed by atoms with Crippen molar-refractivity contribution in [3.05, 3.63) is 28.8 Å². The Bertz CT molecular complexity index is 376. The molecule has 1 N–H and O–H groups in total. The first-order valence-electron chi connectivity index (χ1n) is 6.79. The predicted molar refractivity (Wildman–Crippen MR) is 79.6 cm³/mol. The number of aromatic hydroxyl groups is 1. The van der Waals surface area contributed by atoms with Gasteiger partial charge in [-0.15, -0.1) is 0 Å². The molecule has 1 rings (SSSR count). The highest BCUT2D eigenvalue weighted by Crippen LogP contribution is 2.24. The van der Waals surface area contributed by atoms with Crippen LogP contribution < -0.4 is 0 Å². The summed E-state index contributed by atoms with van der Waals surface area (Å²) in [5.74, 6) is 0.404. The van der Waals surface area contributed by atoms with Gasteiger partial charge in [0.05, 0.1) is 6.61 Å². The lowest BCUT2D eigenvalue weighted by atomic mass is 10.1. The maximum atomic E-state index is 9.74. The van der Waals surface area contributed by atoms with E-state index in [1.807, 2.05) is 26.0 Å². The molecule has 0 fully saturated rings. The highest BCUT2D eigenvalue weighted by atomic mass is 28.4. The van der Waals surface area contributed by atoms with E-state index >= 15 is 0 Å². The van der Waals surface area contributed by atoms with Crippen molar-refractivity contribution in [2.75, 3.05) is 0 Å². The molecule has 1 aromatic rings. The van der Waals surface area contributed by atoms with Crippen molar-refractivity contribution in [3.8, 4) is 5.75 Å². The summed E-state index contributed by atoms with van der Waals surface area (Å²) in [6, 6.07) is 5.26. The van der Waals surface area contributed by atoms with Crippen LogP contribution in [0.1, 0.15) is 36.5 Å². The minimum atomic E-state index is -1.52. The average Bonchev–Trinajstić information content (AvgIpc) is 2.31. The van der Waals surface area contributed by atoms with Crippen LogP contribution in [0.5, 0.6) is 5.75 Å². The van der Waals surface area contributed by atoms with Crippen LogP contribution in [0.4, 0.5) is 0 Å². The zero-order chi connectivity index (χ0) is 13.8. The van der Waals surface area contributed by atoms with Crippen molar-refractivity contribution >= 4 is 8.32 Å². The molecule has 0 bridgehead atoms. The normalized spacial score (nSPS) is 11.8. The molecule has 0 aliphatic carbocycles. The molecule has 0 spiro atoms. The number of rotatable bonds is 6. The number of unbranched alkanes of at least 4 members (excludes halogenated alkanes) is 1. The van der Waals surface area contributed by atoms with Crippen LogP contribution >= 0.6 is 0 Å². The number of phenolic OH excluding ortho intramolecular Hbond substituents is 1. The third kappa shape index (κ3) is 4.46. The number of hydrogen-bond donors (Lipinski definition) is 1. The number of benzene rings is 1. The standard InChI is InChI=1S/C15H26O2Si/c1-6-7-8-18(4,5)17-11-14-9-12(2)15(16)13(3)10-14/h9-10,16H,6-8,11H2,1-5H3. The van der Waals surface area contributed by atoms with Crippen LogP contribution in [-0.4, -0.2) is 13.4 Å². The Kier molecular flexibility index (Phi) is 5.41. The first-order valence-corrected chi connectivity index (χ1v) is 9.90. The van der Waals surface area contributed by atoms with E-state index in [0.717, 1.165) is 11.1 Å². The van der Waals surface area contributed by atoms with Crippen molar-refractivity contribution in [1.29, 1.82) is 0 Å². The maximum Gasteiger partial charge on any atom is 0.187 e. The molecule has 0 unspecified atom stereocenters. The second kappa shape index (κ2) is 6.39. The Morgan fingerprint density at radius 3 is 2.22 bits per heavy atom. The third-order valence-corrected chi connectivity index (χ3v) is 5.80. The van der Waals surface area contributed by atoms with E-state index in [0.29, 0.717) is 12.4 Å². The number of aryl methyl sites for hydroxylation is 2. The van der Waals surface area contributed by atoms with Crippen LogP contribution in [0.2, 0.25) is 19.1 Å². The summed E-state index contributed by atoms with van der Waals surface area (Å²) in [4.78, 5) is 0. The van der Waals surface area contributed by atoms with E-state index in [1.165, 1.54) is 24.4 Å². The molecule has 0 heterocycles. The highest BCUT2D eigenvalue weighted by molar-refractivity contribution is 6.71. The van der Waals surface area contributed by atoms with Crippen molar-refractivity contribution in [3.63, 3.8) is 0 Å².